The second-order valence-corrected chi connectivity index (χ2v) is 5.08. The molecule has 0 aliphatic rings. The summed E-state index contributed by atoms with van der Waals surface area (Å²) in [5.41, 5.74) is 1.23. The van der Waals surface area contributed by atoms with E-state index in [1.54, 1.807) is 0 Å². The highest BCUT2D eigenvalue weighted by Gasteiger charge is 2.14. The van der Waals surface area contributed by atoms with Crippen molar-refractivity contribution in [1.82, 2.24) is 4.98 Å². The molecule has 92 valence electrons. The van der Waals surface area contributed by atoms with Crippen molar-refractivity contribution >= 4 is 29.3 Å². The third-order valence-corrected chi connectivity index (χ3v) is 3.75. The maximum absolute atomic E-state index is 11.1. The van der Waals surface area contributed by atoms with Gasteiger partial charge in [-0.2, -0.15) is 0 Å². The van der Waals surface area contributed by atoms with Gasteiger partial charge in [-0.1, -0.05) is 41.6 Å². The molecule has 0 bridgehead atoms. The average molecular weight is 280 g/mol. The molecule has 0 unspecified atom stereocenters. The van der Waals surface area contributed by atoms with E-state index in [4.69, 9.17) is 16.7 Å². The monoisotopic (exact) mass is 279 g/mol. The summed E-state index contributed by atoms with van der Waals surface area (Å²) in [6.07, 6.45) is 0. The Labute approximate surface area is 114 Å². The van der Waals surface area contributed by atoms with Crippen molar-refractivity contribution in [2.24, 2.45) is 0 Å². The fraction of sp³-hybridized carbons (Fsp3) is 0.0769. The van der Waals surface area contributed by atoms with Crippen molar-refractivity contribution in [3.8, 4) is 0 Å². The summed E-state index contributed by atoms with van der Waals surface area (Å²) in [5.74, 6) is -1.00. The molecule has 0 saturated carbocycles. The van der Waals surface area contributed by atoms with E-state index in [1.807, 2.05) is 31.2 Å². The van der Waals surface area contributed by atoms with Gasteiger partial charge in [-0.3, -0.25) is 0 Å². The lowest BCUT2D eigenvalue weighted by molar-refractivity contribution is 0.0692. The number of hydrogen-bond donors (Lipinski definition) is 1. The normalized spacial score (nSPS) is 10.3. The van der Waals surface area contributed by atoms with Crippen molar-refractivity contribution in [2.75, 3.05) is 0 Å². The summed E-state index contributed by atoms with van der Waals surface area (Å²) in [4.78, 5) is 16.2. The predicted octanol–water partition coefficient (Wildman–Crippen LogP) is 3.89. The van der Waals surface area contributed by atoms with E-state index in [0.717, 1.165) is 10.5 Å². The standard InChI is InChI=1S/C13H10ClNO2S/c1-8-4-2-3-5-10(8)18-12-9(13(16)17)6-7-11(14)15-12/h2-7H,1H3,(H,16,17). The quantitative estimate of drug-likeness (QED) is 0.866. The van der Waals surface area contributed by atoms with Crippen molar-refractivity contribution in [3.05, 3.63) is 52.7 Å². The number of aromatic nitrogens is 1. The van der Waals surface area contributed by atoms with Crippen LogP contribution in [-0.4, -0.2) is 16.1 Å². The molecule has 0 aliphatic heterocycles. The van der Waals surface area contributed by atoms with Crippen LogP contribution >= 0.6 is 23.4 Å². The first-order chi connectivity index (χ1) is 8.58. The van der Waals surface area contributed by atoms with E-state index in [0.29, 0.717) is 5.03 Å². The van der Waals surface area contributed by atoms with Crippen LogP contribution in [0.2, 0.25) is 5.15 Å². The molecule has 0 aliphatic carbocycles. The zero-order valence-corrected chi connectivity index (χ0v) is 11.1. The molecule has 1 heterocycles. The van der Waals surface area contributed by atoms with Crippen LogP contribution < -0.4 is 0 Å². The Hall–Kier alpha value is -1.52. The second-order valence-electron chi connectivity index (χ2n) is 3.66. The van der Waals surface area contributed by atoms with Gasteiger partial charge in [-0.05, 0) is 30.7 Å². The van der Waals surface area contributed by atoms with Gasteiger partial charge in [-0.25, -0.2) is 9.78 Å². The number of nitrogens with zero attached hydrogens (tertiary/aromatic N) is 1. The lowest BCUT2D eigenvalue weighted by Crippen LogP contribution is -2.00. The number of carboxylic acids is 1. The number of hydrogen-bond acceptors (Lipinski definition) is 3. The van der Waals surface area contributed by atoms with Gasteiger partial charge in [0.25, 0.3) is 0 Å². The molecule has 3 nitrogen and oxygen atoms in total. The fourth-order valence-corrected chi connectivity index (χ4v) is 2.62. The molecule has 2 rings (SSSR count). The molecule has 0 atom stereocenters. The van der Waals surface area contributed by atoms with E-state index < -0.39 is 5.97 Å². The van der Waals surface area contributed by atoms with Crippen molar-refractivity contribution in [1.29, 1.82) is 0 Å². The van der Waals surface area contributed by atoms with Gasteiger partial charge in [0, 0.05) is 4.90 Å². The molecule has 0 spiro atoms. The zero-order chi connectivity index (χ0) is 13.1. The van der Waals surface area contributed by atoms with Crippen LogP contribution in [0.4, 0.5) is 0 Å². The third-order valence-electron chi connectivity index (χ3n) is 2.36. The number of rotatable bonds is 3. The molecule has 2 aromatic rings. The van der Waals surface area contributed by atoms with Crippen LogP contribution in [0.3, 0.4) is 0 Å². The Balaban J connectivity index is 2.42. The van der Waals surface area contributed by atoms with E-state index in [-0.39, 0.29) is 10.7 Å². The van der Waals surface area contributed by atoms with Gasteiger partial charge >= 0.3 is 5.97 Å². The summed E-state index contributed by atoms with van der Waals surface area (Å²) < 4.78 is 0. The molecular weight excluding hydrogens is 270 g/mol. The first-order valence-electron chi connectivity index (χ1n) is 5.21. The molecule has 1 aromatic heterocycles. The number of benzene rings is 1. The SMILES string of the molecule is Cc1ccccc1Sc1nc(Cl)ccc1C(=O)O. The van der Waals surface area contributed by atoms with Gasteiger partial charge in [0.1, 0.15) is 10.2 Å². The third kappa shape index (κ3) is 2.83. The minimum Gasteiger partial charge on any atom is -0.478 e. The summed E-state index contributed by atoms with van der Waals surface area (Å²) >= 11 is 7.12. The maximum atomic E-state index is 11.1. The van der Waals surface area contributed by atoms with Crippen LogP contribution in [0, 0.1) is 6.92 Å². The van der Waals surface area contributed by atoms with E-state index >= 15 is 0 Å². The molecule has 0 amide bonds. The van der Waals surface area contributed by atoms with Crippen LogP contribution in [0.1, 0.15) is 15.9 Å². The average Bonchev–Trinajstić information content (AvgIpc) is 2.32. The molecule has 18 heavy (non-hydrogen) atoms. The summed E-state index contributed by atoms with van der Waals surface area (Å²) in [5, 5.41) is 9.80. The topological polar surface area (TPSA) is 50.2 Å². The first kappa shape index (κ1) is 12.9. The van der Waals surface area contributed by atoms with Gasteiger partial charge < -0.3 is 5.11 Å². The van der Waals surface area contributed by atoms with Gasteiger partial charge in [0.05, 0.1) is 5.56 Å². The molecule has 1 N–H and O–H groups in total. The minimum atomic E-state index is -1.00. The largest absolute Gasteiger partial charge is 0.478 e. The van der Waals surface area contributed by atoms with E-state index in [2.05, 4.69) is 4.98 Å². The Morgan fingerprint density at radius 2 is 2.00 bits per heavy atom. The fourth-order valence-electron chi connectivity index (χ4n) is 1.43. The van der Waals surface area contributed by atoms with Crippen molar-refractivity contribution in [3.63, 3.8) is 0 Å². The Bertz CT molecular complexity index is 601. The molecule has 0 saturated heterocycles. The van der Waals surface area contributed by atoms with Gasteiger partial charge in [0.15, 0.2) is 0 Å². The zero-order valence-electron chi connectivity index (χ0n) is 9.55. The second kappa shape index (κ2) is 5.42. The lowest BCUT2D eigenvalue weighted by Gasteiger charge is -2.07. The Morgan fingerprint density at radius 1 is 1.28 bits per heavy atom. The van der Waals surface area contributed by atoms with Gasteiger partial charge in [-0.15, -0.1) is 0 Å². The molecule has 0 fully saturated rings. The highest BCUT2D eigenvalue weighted by Crippen LogP contribution is 2.31. The Morgan fingerprint density at radius 3 is 2.67 bits per heavy atom. The Kier molecular flexibility index (Phi) is 3.89. The summed E-state index contributed by atoms with van der Waals surface area (Å²) in [7, 11) is 0. The molecule has 0 radical (unpaired) electrons. The molecular formula is C13H10ClNO2S. The number of halogens is 1. The van der Waals surface area contributed by atoms with E-state index in [1.165, 1.54) is 23.9 Å². The number of aryl methyl sites for hydroxylation is 1. The number of carboxylic acid groups (broad SMARTS) is 1. The van der Waals surface area contributed by atoms with Crippen LogP contribution in [0.5, 0.6) is 0 Å². The number of aromatic carboxylic acids is 1. The highest BCUT2D eigenvalue weighted by molar-refractivity contribution is 7.99. The number of carbonyl (C=O) groups is 1. The van der Waals surface area contributed by atoms with Crippen LogP contribution in [-0.2, 0) is 0 Å². The van der Waals surface area contributed by atoms with Gasteiger partial charge in [0.2, 0.25) is 0 Å². The minimum absolute atomic E-state index is 0.160. The predicted molar refractivity (Wildman–Crippen MR) is 71.5 cm³/mol. The van der Waals surface area contributed by atoms with E-state index in [9.17, 15) is 4.79 Å². The first-order valence-corrected chi connectivity index (χ1v) is 6.40. The molecule has 5 heteroatoms. The maximum Gasteiger partial charge on any atom is 0.338 e. The van der Waals surface area contributed by atoms with Crippen molar-refractivity contribution in [2.45, 2.75) is 16.8 Å². The highest BCUT2D eigenvalue weighted by atomic mass is 35.5. The lowest BCUT2D eigenvalue weighted by atomic mass is 10.2. The van der Waals surface area contributed by atoms with Crippen molar-refractivity contribution < 1.29 is 9.90 Å². The summed E-state index contributed by atoms with van der Waals surface area (Å²) in [6, 6.07) is 10.7. The van der Waals surface area contributed by atoms with Crippen LogP contribution in [0.15, 0.2) is 46.3 Å². The molecule has 1 aromatic carbocycles. The van der Waals surface area contributed by atoms with Crippen LogP contribution in [0.25, 0.3) is 0 Å². The number of pyridine rings is 1. The smallest absolute Gasteiger partial charge is 0.338 e. The summed E-state index contributed by atoms with van der Waals surface area (Å²) in [6.45, 7) is 1.97.